The molecule has 0 saturated carbocycles. The van der Waals surface area contributed by atoms with Gasteiger partial charge in [0.05, 0.1) is 0 Å². The fraction of sp³-hybridized carbons (Fsp3) is 0.105. The first kappa shape index (κ1) is 16.9. The number of benzene rings is 2. The summed E-state index contributed by atoms with van der Waals surface area (Å²) in [5.74, 6) is 0.228. The van der Waals surface area contributed by atoms with Crippen molar-refractivity contribution in [3.8, 4) is 0 Å². The Hall–Kier alpha value is -2.92. The van der Waals surface area contributed by atoms with Crippen LogP contribution in [0.5, 0.6) is 0 Å². The summed E-state index contributed by atoms with van der Waals surface area (Å²) in [7, 11) is 0. The average molecular weight is 353 g/mol. The van der Waals surface area contributed by atoms with Crippen molar-refractivity contribution in [3.63, 3.8) is 0 Å². The molecule has 1 aromatic heterocycles. The highest BCUT2D eigenvalue weighted by Crippen LogP contribution is 2.21. The number of nitrogens with one attached hydrogen (secondary N) is 2. The molecule has 0 unspecified atom stereocenters. The number of carbonyl (C=O) groups excluding carboxylic acids is 1. The Labute approximate surface area is 151 Å². The Bertz CT molecular complexity index is 927. The molecule has 0 saturated heterocycles. The Morgan fingerprint density at radius 2 is 1.88 bits per heavy atom. The zero-order valence-electron chi connectivity index (χ0n) is 13.9. The fourth-order valence-electron chi connectivity index (χ4n) is 2.40. The Kier molecular flexibility index (Phi) is 4.95. The molecule has 0 atom stereocenters. The van der Waals surface area contributed by atoms with Gasteiger partial charge >= 0.3 is 0 Å². The first-order chi connectivity index (χ1) is 12.0. The van der Waals surface area contributed by atoms with Crippen LogP contribution in [0.4, 0.5) is 17.2 Å². The van der Waals surface area contributed by atoms with Crippen molar-refractivity contribution in [2.24, 2.45) is 0 Å². The lowest BCUT2D eigenvalue weighted by molar-refractivity contribution is 0.102. The summed E-state index contributed by atoms with van der Waals surface area (Å²) in [5, 5.41) is 6.54. The van der Waals surface area contributed by atoms with Gasteiger partial charge in [-0.15, -0.1) is 0 Å². The van der Waals surface area contributed by atoms with E-state index < -0.39 is 0 Å². The van der Waals surface area contributed by atoms with Crippen molar-refractivity contribution >= 4 is 34.7 Å². The lowest BCUT2D eigenvalue weighted by Crippen LogP contribution is -2.14. The van der Waals surface area contributed by atoms with Crippen molar-refractivity contribution in [1.82, 2.24) is 9.97 Å². The van der Waals surface area contributed by atoms with Crippen molar-refractivity contribution in [2.75, 3.05) is 10.6 Å². The van der Waals surface area contributed by atoms with E-state index in [9.17, 15) is 4.79 Å². The van der Waals surface area contributed by atoms with Gasteiger partial charge in [-0.2, -0.15) is 0 Å². The largest absolute Gasteiger partial charge is 0.340 e. The third kappa shape index (κ3) is 4.33. The van der Waals surface area contributed by atoms with Gasteiger partial charge in [0.2, 0.25) is 0 Å². The summed E-state index contributed by atoms with van der Waals surface area (Å²) in [5.41, 5.74) is 4.10. The average Bonchev–Trinajstić information content (AvgIpc) is 2.58. The van der Waals surface area contributed by atoms with E-state index in [-0.39, 0.29) is 11.6 Å². The molecule has 2 N–H and O–H groups in total. The van der Waals surface area contributed by atoms with Gasteiger partial charge in [0.1, 0.15) is 17.8 Å². The van der Waals surface area contributed by atoms with Crippen molar-refractivity contribution in [1.29, 1.82) is 0 Å². The van der Waals surface area contributed by atoms with E-state index in [1.807, 2.05) is 26.0 Å². The lowest BCUT2D eigenvalue weighted by Gasteiger charge is -2.10. The molecule has 126 valence electrons. The second-order valence-corrected chi connectivity index (χ2v) is 6.13. The first-order valence-corrected chi connectivity index (χ1v) is 8.12. The molecule has 0 aliphatic carbocycles. The smallest absolute Gasteiger partial charge is 0.274 e. The van der Waals surface area contributed by atoms with Gasteiger partial charge in [0.15, 0.2) is 0 Å². The molecule has 2 aromatic carbocycles. The van der Waals surface area contributed by atoms with Gasteiger partial charge in [0.25, 0.3) is 5.91 Å². The van der Waals surface area contributed by atoms with Gasteiger partial charge in [-0.05, 0) is 43.7 Å². The molecule has 0 spiro atoms. The van der Waals surface area contributed by atoms with E-state index in [1.54, 1.807) is 30.3 Å². The van der Waals surface area contributed by atoms with Crippen LogP contribution >= 0.6 is 11.6 Å². The Morgan fingerprint density at radius 1 is 1.04 bits per heavy atom. The summed E-state index contributed by atoms with van der Waals surface area (Å²) in [6.07, 6.45) is 1.36. The number of halogens is 1. The minimum absolute atomic E-state index is 0.266. The van der Waals surface area contributed by atoms with Gasteiger partial charge in [0, 0.05) is 22.5 Å². The number of amides is 1. The van der Waals surface area contributed by atoms with E-state index in [4.69, 9.17) is 11.6 Å². The SMILES string of the molecule is Cc1ccc(Nc2cc(C(=O)Nc3cccc(Cl)c3)ncn2)c(C)c1. The maximum absolute atomic E-state index is 12.4. The zero-order chi connectivity index (χ0) is 17.8. The number of hydrogen-bond donors (Lipinski definition) is 2. The Morgan fingerprint density at radius 3 is 2.64 bits per heavy atom. The van der Waals surface area contributed by atoms with Crippen LogP contribution in [0.25, 0.3) is 0 Å². The summed E-state index contributed by atoms with van der Waals surface area (Å²) < 4.78 is 0. The van der Waals surface area contributed by atoms with Crippen LogP contribution in [-0.2, 0) is 0 Å². The molecular formula is C19H17ClN4O. The van der Waals surface area contributed by atoms with E-state index in [2.05, 4.69) is 26.7 Å². The number of aryl methyl sites for hydroxylation is 2. The number of hydrogen-bond acceptors (Lipinski definition) is 4. The van der Waals surface area contributed by atoms with E-state index in [0.717, 1.165) is 11.3 Å². The lowest BCUT2D eigenvalue weighted by atomic mass is 10.1. The normalized spacial score (nSPS) is 10.4. The summed E-state index contributed by atoms with van der Waals surface area (Å²) in [4.78, 5) is 20.6. The molecule has 3 rings (SSSR count). The number of aromatic nitrogens is 2. The highest BCUT2D eigenvalue weighted by Gasteiger charge is 2.10. The maximum atomic E-state index is 12.4. The third-order valence-electron chi connectivity index (χ3n) is 3.63. The number of carbonyl (C=O) groups is 1. The Balaban J connectivity index is 1.77. The quantitative estimate of drug-likeness (QED) is 0.711. The fourth-order valence-corrected chi connectivity index (χ4v) is 2.59. The van der Waals surface area contributed by atoms with Crippen LogP contribution < -0.4 is 10.6 Å². The van der Waals surface area contributed by atoms with Crippen molar-refractivity contribution in [3.05, 3.63) is 76.7 Å². The molecule has 1 heterocycles. The molecular weight excluding hydrogens is 336 g/mol. The zero-order valence-corrected chi connectivity index (χ0v) is 14.6. The van der Waals surface area contributed by atoms with E-state index in [1.165, 1.54) is 11.9 Å². The van der Waals surface area contributed by atoms with Crippen LogP contribution in [0.1, 0.15) is 21.6 Å². The molecule has 1 amide bonds. The minimum atomic E-state index is -0.326. The van der Waals surface area contributed by atoms with Crippen LogP contribution in [0, 0.1) is 13.8 Å². The van der Waals surface area contributed by atoms with Crippen molar-refractivity contribution < 1.29 is 4.79 Å². The monoisotopic (exact) mass is 352 g/mol. The molecule has 6 heteroatoms. The molecule has 0 fully saturated rings. The second kappa shape index (κ2) is 7.32. The molecule has 3 aromatic rings. The minimum Gasteiger partial charge on any atom is -0.340 e. The van der Waals surface area contributed by atoms with E-state index >= 15 is 0 Å². The predicted molar refractivity (Wildman–Crippen MR) is 101 cm³/mol. The topological polar surface area (TPSA) is 66.9 Å². The summed E-state index contributed by atoms with van der Waals surface area (Å²) in [6.45, 7) is 4.06. The number of nitrogens with zero attached hydrogens (tertiary/aromatic N) is 2. The highest BCUT2D eigenvalue weighted by atomic mass is 35.5. The number of rotatable bonds is 4. The second-order valence-electron chi connectivity index (χ2n) is 5.70. The first-order valence-electron chi connectivity index (χ1n) is 7.74. The summed E-state index contributed by atoms with van der Waals surface area (Å²) in [6, 6.07) is 14.6. The molecule has 0 bridgehead atoms. The molecule has 0 aliphatic rings. The van der Waals surface area contributed by atoms with Crippen molar-refractivity contribution in [2.45, 2.75) is 13.8 Å². The summed E-state index contributed by atoms with van der Waals surface area (Å²) >= 11 is 5.93. The van der Waals surface area contributed by atoms with Gasteiger partial charge in [-0.25, -0.2) is 9.97 Å². The van der Waals surface area contributed by atoms with E-state index in [0.29, 0.717) is 16.5 Å². The van der Waals surface area contributed by atoms with Crippen LogP contribution in [-0.4, -0.2) is 15.9 Å². The standard InChI is InChI=1S/C19H17ClN4O/c1-12-6-7-16(13(2)8-12)24-18-10-17(21-11-22-18)19(25)23-15-5-3-4-14(20)9-15/h3-11H,1-2H3,(H,23,25)(H,21,22,24). The van der Waals surface area contributed by atoms with Gasteiger partial charge < -0.3 is 10.6 Å². The molecule has 5 nitrogen and oxygen atoms in total. The molecule has 25 heavy (non-hydrogen) atoms. The third-order valence-corrected chi connectivity index (χ3v) is 3.86. The highest BCUT2D eigenvalue weighted by molar-refractivity contribution is 6.30. The van der Waals surface area contributed by atoms with Crippen LogP contribution in [0.3, 0.4) is 0 Å². The molecule has 0 radical (unpaired) electrons. The van der Waals surface area contributed by atoms with Gasteiger partial charge in [-0.3, -0.25) is 4.79 Å². The van der Waals surface area contributed by atoms with Gasteiger partial charge in [-0.1, -0.05) is 35.4 Å². The predicted octanol–water partition coefficient (Wildman–Crippen LogP) is 4.74. The van der Waals surface area contributed by atoms with Crippen LogP contribution in [0.2, 0.25) is 5.02 Å². The number of anilines is 3. The maximum Gasteiger partial charge on any atom is 0.274 e. The van der Waals surface area contributed by atoms with Crippen LogP contribution in [0.15, 0.2) is 54.9 Å². The molecule has 0 aliphatic heterocycles.